The van der Waals surface area contributed by atoms with Gasteiger partial charge in [-0.05, 0) is 31.3 Å². The van der Waals surface area contributed by atoms with Crippen molar-refractivity contribution in [1.82, 2.24) is 9.80 Å². The fourth-order valence-electron chi connectivity index (χ4n) is 3.52. The second-order valence-corrected chi connectivity index (χ2v) is 8.38. The zero-order chi connectivity index (χ0) is 22.2. The summed E-state index contributed by atoms with van der Waals surface area (Å²) in [5.74, 6) is -2.67. The van der Waals surface area contributed by atoms with Crippen molar-refractivity contribution >= 4 is 23.2 Å². The molecule has 2 aliphatic heterocycles. The number of carboxylic acids is 1. The summed E-state index contributed by atoms with van der Waals surface area (Å²) in [4.78, 5) is 27.1. The Morgan fingerprint density at radius 3 is 2.67 bits per heavy atom. The molecule has 3 heterocycles. The van der Waals surface area contributed by atoms with Gasteiger partial charge >= 0.3 is 12.1 Å². The van der Waals surface area contributed by atoms with Gasteiger partial charge in [0.15, 0.2) is 0 Å². The van der Waals surface area contributed by atoms with E-state index in [1.54, 1.807) is 0 Å². The molecule has 11 heteroatoms. The summed E-state index contributed by atoms with van der Waals surface area (Å²) in [6, 6.07) is 4.30. The van der Waals surface area contributed by atoms with Crippen LogP contribution in [0.25, 0.3) is 0 Å². The summed E-state index contributed by atoms with van der Waals surface area (Å²) in [6.45, 7) is 8.63. The SMILES string of the molecule is CCOCC(=O)N1CCOCC2(CCN(Cc3cccs3)C2)C1.O=C(O)C(F)(F)F. The molecule has 30 heavy (non-hydrogen) atoms. The molecule has 1 spiro atoms. The molecule has 1 unspecified atom stereocenters. The van der Waals surface area contributed by atoms with Gasteiger partial charge in [0.05, 0.1) is 13.2 Å². The van der Waals surface area contributed by atoms with Gasteiger partial charge in [-0.1, -0.05) is 6.07 Å². The second-order valence-electron chi connectivity index (χ2n) is 7.35. The molecule has 2 fully saturated rings. The van der Waals surface area contributed by atoms with Crippen LogP contribution in [0, 0.1) is 5.41 Å². The molecule has 0 aromatic carbocycles. The number of ether oxygens (including phenoxy) is 2. The quantitative estimate of drug-likeness (QED) is 0.740. The van der Waals surface area contributed by atoms with Crippen LogP contribution in [0.1, 0.15) is 18.2 Å². The van der Waals surface area contributed by atoms with E-state index >= 15 is 0 Å². The number of nitrogens with zero attached hydrogens (tertiary/aromatic N) is 2. The van der Waals surface area contributed by atoms with Crippen LogP contribution in [0.5, 0.6) is 0 Å². The van der Waals surface area contributed by atoms with Crippen molar-refractivity contribution in [3.05, 3.63) is 22.4 Å². The minimum absolute atomic E-state index is 0.0790. The monoisotopic (exact) mass is 452 g/mol. The Bertz CT molecular complexity index is 686. The molecule has 0 radical (unpaired) electrons. The number of hydrogen-bond donors (Lipinski definition) is 1. The van der Waals surface area contributed by atoms with E-state index in [1.807, 2.05) is 23.2 Å². The van der Waals surface area contributed by atoms with Crippen molar-refractivity contribution in [2.75, 3.05) is 52.6 Å². The van der Waals surface area contributed by atoms with Crippen LogP contribution < -0.4 is 0 Å². The van der Waals surface area contributed by atoms with Gasteiger partial charge in [-0.25, -0.2) is 4.79 Å². The Morgan fingerprint density at radius 1 is 1.33 bits per heavy atom. The van der Waals surface area contributed by atoms with E-state index in [0.717, 1.165) is 39.2 Å². The number of rotatable bonds is 5. The molecule has 1 N–H and O–H groups in total. The van der Waals surface area contributed by atoms with Crippen molar-refractivity contribution in [2.24, 2.45) is 5.41 Å². The molecular weight excluding hydrogens is 425 g/mol. The van der Waals surface area contributed by atoms with Gasteiger partial charge in [-0.2, -0.15) is 13.2 Å². The molecule has 1 aromatic heterocycles. The van der Waals surface area contributed by atoms with Crippen LogP contribution in [-0.2, 0) is 25.6 Å². The highest BCUT2D eigenvalue weighted by atomic mass is 32.1. The maximum absolute atomic E-state index is 12.3. The molecule has 1 atom stereocenters. The zero-order valence-corrected chi connectivity index (χ0v) is 17.6. The summed E-state index contributed by atoms with van der Waals surface area (Å²) in [7, 11) is 0. The number of hydrogen-bond acceptors (Lipinski definition) is 6. The largest absolute Gasteiger partial charge is 0.490 e. The van der Waals surface area contributed by atoms with Crippen LogP contribution in [-0.4, -0.2) is 85.6 Å². The molecule has 3 rings (SSSR count). The Labute approximate surface area is 177 Å². The minimum atomic E-state index is -5.08. The van der Waals surface area contributed by atoms with Crippen molar-refractivity contribution in [3.8, 4) is 0 Å². The molecule has 0 saturated carbocycles. The van der Waals surface area contributed by atoms with Gasteiger partial charge < -0.3 is 19.5 Å². The summed E-state index contributed by atoms with van der Waals surface area (Å²) >= 11 is 1.81. The number of halogens is 3. The Balaban J connectivity index is 0.000000396. The normalized spacial score (nSPS) is 22.5. The fraction of sp³-hybridized carbons (Fsp3) is 0.684. The smallest absolute Gasteiger partial charge is 0.475 e. The molecule has 170 valence electrons. The van der Waals surface area contributed by atoms with E-state index in [9.17, 15) is 18.0 Å². The average molecular weight is 452 g/mol. The number of carboxylic acid groups (broad SMARTS) is 1. The predicted octanol–water partition coefficient (Wildman–Crippen LogP) is 2.47. The molecule has 0 aliphatic carbocycles. The van der Waals surface area contributed by atoms with Crippen LogP contribution in [0.4, 0.5) is 13.2 Å². The first kappa shape index (κ1) is 24.6. The molecule has 0 bridgehead atoms. The van der Waals surface area contributed by atoms with Crippen LogP contribution in [0.3, 0.4) is 0 Å². The highest BCUT2D eigenvalue weighted by Crippen LogP contribution is 2.34. The number of alkyl halides is 3. The lowest BCUT2D eigenvalue weighted by Crippen LogP contribution is -2.44. The number of aliphatic carboxylic acids is 1. The molecule has 7 nitrogen and oxygen atoms in total. The third-order valence-electron chi connectivity index (χ3n) is 4.94. The second kappa shape index (κ2) is 11.1. The van der Waals surface area contributed by atoms with Gasteiger partial charge in [-0.15, -0.1) is 11.3 Å². The lowest BCUT2D eigenvalue weighted by molar-refractivity contribution is -0.192. The maximum Gasteiger partial charge on any atom is 0.490 e. The Morgan fingerprint density at radius 2 is 2.07 bits per heavy atom. The van der Waals surface area contributed by atoms with Crippen molar-refractivity contribution < 1.29 is 37.3 Å². The van der Waals surface area contributed by atoms with Crippen LogP contribution >= 0.6 is 11.3 Å². The van der Waals surface area contributed by atoms with E-state index in [1.165, 1.54) is 4.88 Å². The average Bonchev–Trinajstić information content (AvgIpc) is 3.27. The Hall–Kier alpha value is -1.69. The van der Waals surface area contributed by atoms with Gasteiger partial charge in [0.25, 0.3) is 0 Å². The van der Waals surface area contributed by atoms with Gasteiger partial charge in [-0.3, -0.25) is 9.69 Å². The Kier molecular flexibility index (Phi) is 9.08. The number of thiophene rings is 1. The van der Waals surface area contributed by atoms with Crippen molar-refractivity contribution in [1.29, 1.82) is 0 Å². The van der Waals surface area contributed by atoms with E-state index in [2.05, 4.69) is 22.4 Å². The van der Waals surface area contributed by atoms with Gasteiger partial charge in [0, 0.05) is 43.1 Å². The first-order chi connectivity index (χ1) is 14.1. The molecule has 2 saturated heterocycles. The summed E-state index contributed by atoms with van der Waals surface area (Å²) in [6.07, 6.45) is -3.99. The number of likely N-dealkylation sites (tertiary alicyclic amines) is 1. The molecule has 1 aromatic rings. The topological polar surface area (TPSA) is 79.3 Å². The van der Waals surface area contributed by atoms with E-state index in [-0.39, 0.29) is 17.9 Å². The number of amides is 1. The standard InChI is InChI=1S/C17H26N2O3S.C2HF3O2/c1-2-21-11-16(20)19-7-8-22-14-17(13-19)5-6-18(12-17)10-15-4-3-9-23-15;3-2(4,5)1(6)7/h3-4,9H,2,5-8,10-14H2,1H3;(H,6,7). The third-order valence-corrected chi connectivity index (χ3v) is 5.80. The third kappa shape index (κ3) is 7.53. The summed E-state index contributed by atoms with van der Waals surface area (Å²) in [5.41, 5.74) is 0.0790. The number of carbonyl (C=O) groups is 2. The van der Waals surface area contributed by atoms with Crippen molar-refractivity contribution in [3.63, 3.8) is 0 Å². The molecule has 2 aliphatic rings. The lowest BCUT2D eigenvalue weighted by atomic mass is 9.87. The summed E-state index contributed by atoms with van der Waals surface area (Å²) in [5, 5.41) is 9.25. The van der Waals surface area contributed by atoms with Crippen LogP contribution in [0.15, 0.2) is 17.5 Å². The first-order valence-corrected chi connectivity index (χ1v) is 10.5. The zero-order valence-electron chi connectivity index (χ0n) is 16.8. The fourth-order valence-corrected chi connectivity index (χ4v) is 4.27. The highest BCUT2D eigenvalue weighted by Gasteiger charge is 2.42. The molecular formula is C19H27F3N2O5S. The maximum atomic E-state index is 12.3. The first-order valence-electron chi connectivity index (χ1n) is 9.63. The minimum Gasteiger partial charge on any atom is -0.475 e. The van der Waals surface area contributed by atoms with Crippen molar-refractivity contribution in [2.45, 2.75) is 26.1 Å². The lowest BCUT2D eigenvalue weighted by Gasteiger charge is -2.32. The van der Waals surface area contributed by atoms with E-state index < -0.39 is 12.1 Å². The predicted molar refractivity (Wildman–Crippen MR) is 104 cm³/mol. The van der Waals surface area contributed by atoms with Crippen LogP contribution in [0.2, 0.25) is 0 Å². The van der Waals surface area contributed by atoms with Gasteiger partial charge in [0.2, 0.25) is 5.91 Å². The van der Waals surface area contributed by atoms with Gasteiger partial charge in [0.1, 0.15) is 6.61 Å². The van der Waals surface area contributed by atoms with E-state index in [4.69, 9.17) is 19.4 Å². The molecule has 1 amide bonds. The highest BCUT2D eigenvalue weighted by molar-refractivity contribution is 7.09. The number of carbonyl (C=O) groups excluding carboxylic acids is 1. The summed E-state index contributed by atoms with van der Waals surface area (Å²) < 4.78 is 42.9. The van der Waals surface area contributed by atoms with E-state index in [0.29, 0.717) is 19.8 Å².